The minimum atomic E-state index is -0.336. The molecule has 1 unspecified atom stereocenters. The number of hydrogen-bond acceptors (Lipinski definition) is 3. The van der Waals surface area contributed by atoms with E-state index in [0.717, 1.165) is 18.4 Å². The van der Waals surface area contributed by atoms with E-state index in [9.17, 15) is 9.59 Å². The molecule has 1 aliphatic rings. The Morgan fingerprint density at radius 1 is 1.17 bits per heavy atom. The van der Waals surface area contributed by atoms with Crippen molar-refractivity contribution < 1.29 is 14.0 Å². The predicted octanol–water partition coefficient (Wildman–Crippen LogP) is 2.68. The number of benzene rings is 1. The molecule has 2 aromatic rings. The van der Waals surface area contributed by atoms with Gasteiger partial charge in [0.15, 0.2) is 5.76 Å². The van der Waals surface area contributed by atoms with Gasteiger partial charge in [0.25, 0.3) is 11.8 Å². The molecule has 2 amide bonds. The summed E-state index contributed by atoms with van der Waals surface area (Å²) in [6.07, 6.45) is 2.02. The molecule has 120 valence electrons. The highest BCUT2D eigenvalue weighted by Crippen LogP contribution is 2.30. The van der Waals surface area contributed by atoms with Crippen molar-refractivity contribution >= 4 is 11.8 Å². The summed E-state index contributed by atoms with van der Waals surface area (Å²) in [5.74, 6) is 0.0508. The third-order valence-corrected chi connectivity index (χ3v) is 4.06. The first kappa shape index (κ1) is 15.3. The van der Waals surface area contributed by atoms with E-state index in [1.54, 1.807) is 0 Å². The number of amides is 2. The molecule has 1 aliphatic carbocycles. The Kier molecular flexibility index (Phi) is 4.19. The molecular weight excluding hydrogens is 292 g/mol. The fourth-order valence-electron chi connectivity index (χ4n) is 2.52. The first-order valence-corrected chi connectivity index (χ1v) is 7.81. The maximum Gasteiger partial charge on any atom is 0.286 e. The van der Waals surface area contributed by atoms with Gasteiger partial charge in [0, 0.05) is 25.1 Å². The number of hydrogen-bond donors (Lipinski definition) is 2. The zero-order chi connectivity index (χ0) is 16.4. The second kappa shape index (κ2) is 6.28. The van der Waals surface area contributed by atoms with Crippen LogP contribution in [0.4, 0.5) is 0 Å². The Morgan fingerprint density at radius 3 is 2.48 bits per heavy atom. The molecule has 1 fully saturated rings. The molecule has 0 saturated heterocycles. The van der Waals surface area contributed by atoms with Crippen molar-refractivity contribution in [3.05, 3.63) is 59.0 Å². The Labute approximate surface area is 135 Å². The minimum Gasteiger partial charge on any atom is -0.454 e. The van der Waals surface area contributed by atoms with Crippen LogP contribution in [-0.2, 0) is 0 Å². The number of nitrogens with one attached hydrogen (secondary N) is 2. The van der Waals surface area contributed by atoms with Crippen LogP contribution in [0.2, 0.25) is 0 Å². The number of carbonyl (C=O) groups is 2. The van der Waals surface area contributed by atoms with E-state index >= 15 is 0 Å². The van der Waals surface area contributed by atoms with Crippen molar-refractivity contribution in [2.75, 3.05) is 7.05 Å². The maximum absolute atomic E-state index is 12.5. The molecule has 5 nitrogen and oxygen atoms in total. The molecule has 0 bridgehead atoms. The van der Waals surface area contributed by atoms with Crippen molar-refractivity contribution in [3.63, 3.8) is 0 Å². The Balaban J connectivity index is 1.97. The summed E-state index contributed by atoms with van der Waals surface area (Å²) < 4.78 is 5.73. The molecule has 0 aliphatic heterocycles. The van der Waals surface area contributed by atoms with Gasteiger partial charge in [-0.3, -0.25) is 9.59 Å². The van der Waals surface area contributed by atoms with Crippen LogP contribution in [0.15, 0.2) is 40.8 Å². The highest BCUT2D eigenvalue weighted by molar-refractivity contribution is 5.99. The monoisotopic (exact) mass is 312 g/mol. The summed E-state index contributed by atoms with van der Waals surface area (Å²) in [6, 6.07) is 11.6. The van der Waals surface area contributed by atoms with E-state index in [1.807, 2.05) is 37.3 Å². The van der Waals surface area contributed by atoms with Crippen LogP contribution in [0.25, 0.3) is 0 Å². The Hall–Kier alpha value is -2.56. The lowest BCUT2D eigenvalue weighted by molar-refractivity contribution is 0.0928. The molecule has 0 spiro atoms. The van der Waals surface area contributed by atoms with Crippen LogP contribution >= 0.6 is 0 Å². The van der Waals surface area contributed by atoms with Crippen LogP contribution in [0, 0.1) is 0 Å². The predicted molar refractivity (Wildman–Crippen MR) is 86.5 cm³/mol. The lowest BCUT2D eigenvalue weighted by atomic mass is 9.96. The third kappa shape index (κ3) is 3.28. The highest BCUT2D eigenvalue weighted by Gasteiger charge is 2.29. The van der Waals surface area contributed by atoms with Crippen molar-refractivity contribution in [2.45, 2.75) is 31.7 Å². The summed E-state index contributed by atoms with van der Waals surface area (Å²) in [6.45, 7) is 1.97. The van der Waals surface area contributed by atoms with Crippen LogP contribution in [0.1, 0.15) is 57.9 Å². The molecule has 0 radical (unpaired) electrons. The molecular formula is C18H20N2O3. The van der Waals surface area contributed by atoms with E-state index < -0.39 is 0 Å². The quantitative estimate of drug-likeness (QED) is 0.891. The fourth-order valence-corrected chi connectivity index (χ4v) is 2.52. The average molecular weight is 312 g/mol. The summed E-state index contributed by atoms with van der Waals surface area (Å²) in [5.41, 5.74) is 1.47. The van der Waals surface area contributed by atoms with Gasteiger partial charge in [-0.1, -0.05) is 37.3 Å². The molecule has 1 aromatic carbocycles. The van der Waals surface area contributed by atoms with E-state index in [1.165, 1.54) is 13.1 Å². The number of furan rings is 1. The van der Waals surface area contributed by atoms with Gasteiger partial charge in [-0.2, -0.15) is 0 Å². The van der Waals surface area contributed by atoms with Gasteiger partial charge in [-0.15, -0.1) is 0 Å². The molecule has 1 saturated carbocycles. The average Bonchev–Trinajstić information content (AvgIpc) is 3.28. The highest BCUT2D eigenvalue weighted by atomic mass is 16.4. The topological polar surface area (TPSA) is 71.3 Å². The second-order valence-electron chi connectivity index (χ2n) is 5.85. The van der Waals surface area contributed by atoms with Gasteiger partial charge in [-0.25, -0.2) is 0 Å². The summed E-state index contributed by atoms with van der Waals surface area (Å²) in [7, 11) is 1.54. The molecule has 23 heavy (non-hydrogen) atoms. The van der Waals surface area contributed by atoms with Crippen molar-refractivity contribution in [1.82, 2.24) is 10.6 Å². The van der Waals surface area contributed by atoms with E-state index in [-0.39, 0.29) is 29.5 Å². The summed E-state index contributed by atoms with van der Waals surface area (Å²) in [5, 5.41) is 5.48. The zero-order valence-corrected chi connectivity index (χ0v) is 13.3. The Morgan fingerprint density at radius 2 is 1.87 bits per heavy atom. The van der Waals surface area contributed by atoms with Gasteiger partial charge in [0.05, 0.1) is 5.56 Å². The standard InChI is InChI=1S/C18H20N2O3/c1-11(12-6-4-3-5-7-12)16-14(17(21)20-13-8-9-13)10-15(23-16)18(22)19-2/h3-7,10-11,13H,8-9H2,1-2H3,(H,19,22)(H,20,21). The van der Waals surface area contributed by atoms with Gasteiger partial charge in [-0.05, 0) is 18.4 Å². The van der Waals surface area contributed by atoms with Crippen LogP contribution < -0.4 is 10.6 Å². The number of carbonyl (C=O) groups excluding carboxylic acids is 2. The normalized spacial score (nSPS) is 15.0. The largest absolute Gasteiger partial charge is 0.454 e. The first-order chi connectivity index (χ1) is 11.1. The lowest BCUT2D eigenvalue weighted by Gasteiger charge is -2.11. The first-order valence-electron chi connectivity index (χ1n) is 7.81. The minimum absolute atomic E-state index is 0.116. The van der Waals surface area contributed by atoms with E-state index in [4.69, 9.17) is 4.42 Å². The van der Waals surface area contributed by atoms with Gasteiger partial charge in [0.2, 0.25) is 0 Å². The molecule has 2 N–H and O–H groups in total. The molecule has 1 heterocycles. The maximum atomic E-state index is 12.5. The number of rotatable bonds is 5. The van der Waals surface area contributed by atoms with Crippen molar-refractivity contribution in [2.24, 2.45) is 0 Å². The van der Waals surface area contributed by atoms with Crippen LogP contribution in [0.3, 0.4) is 0 Å². The zero-order valence-electron chi connectivity index (χ0n) is 13.3. The van der Waals surface area contributed by atoms with E-state index in [2.05, 4.69) is 10.6 Å². The van der Waals surface area contributed by atoms with Crippen molar-refractivity contribution in [1.29, 1.82) is 0 Å². The summed E-state index contributed by atoms with van der Waals surface area (Å²) in [4.78, 5) is 24.3. The smallest absolute Gasteiger partial charge is 0.286 e. The third-order valence-electron chi connectivity index (χ3n) is 4.06. The van der Waals surface area contributed by atoms with Crippen molar-refractivity contribution in [3.8, 4) is 0 Å². The fraction of sp³-hybridized carbons (Fsp3) is 0.333. The van der Waals surface area contributed by atoms with Crippen LogP contribution in [-0.4, -0.2) is 24.9 Å². The molecule has 1 aromatic heterocycles. The van der Waals surface area contributed by atoms with Crippen LogP contribution in [0.5, 0.6) is 0 Å². The van der Waals surface area contributed by atoms with E-state index in [0.29, 0.717) is 11.3 Å². The van der Waals surface area contributed by atoms with Gasteiger partial charge < -0.3 is 15.1 Å². The lowest BCUT2D eigenvalue weighted by Crippen LogP contribution is -2.26. The second-order valence-corrected chi connectivity index (χ2v) is 5.85. The molecule has 1 atom stereocenters. The summed E-state index contributed by atoms with van der Waals surface area (Å²) >= 11 is 0. The SMILES string of the molecule is CNC(=O)c1cc(C(=O)NC2CC2)c(C(C)c2ccccc2)o1. The van der Waals surface area contributed by atoms with Gasteiger partial charge in [0.1, 0.15) is 5.76 Å². The molecule has 5 heteroatoms. The molecule has 3 rings (SSSR count). The van der Waals surface area contributed by atoms with Gasteiger partial charge >= 0.3 is 0 Å². The Bertz CT molecular complexity index is 717.